The van der Waals surface area contributed by atoms with Crippen LogP contribution in [0.1, 0.15) is 24.3 Å². The van der Waals surface area contributed by atoms with Gasteiger partial charge in [0.1, 0.15) is 5.82 Å². The lowest BCUT2D eigenvalue weighted by molar-refractivity contribution is 0.263. The Hall–Kier alpha value is -1.75. The number of nitrogens with one attached hydrogen (secondary N) is 1. The van der Waals surface area contributed by atoms with E-state index in [1.807, 2.05) is 12.1 Å². The quantitative estimate of drug-likeness (QED) is 0.852. The van der Waals surface area contributed by atoms with Crippen LogP contribution in [0.25, 0.3) is 0 Å². The minimum atomic E-state index is 0.446. The van der Waals surface area contributed by atoms with Crippen LogP contribution in [0.3, 0.4) is 0 Å². The van der Waals surface area contributed by atoms with E-state index in [0.29, 0.717) is 24.1 Å². The molecule has 0 aliphatic heterocycles. The van der Waals surface area contributed by atoms with Gasteiger partial charge in [0, 0.05) is 4.88 Å². The maximum Gasteiger partial charge on any atom is 0.239 e. The monoisotopic (exact) mass is 291 g/mol. The molecule has 0 aromatic carbocycles. The van der Waals surface area contributed by atoms with Gasteiger partial charge in [0.15, 0.2) is 0 Å². The fourth-order valence-electron chi connectivity index (χ4n) is 1.67. The molecule has 2 heterocycles. The molecule has 5 heteroatoms. The number of rotatable bonds is 6. The summed E-state index contributed by atoms with van der Waals surface area (Å²) in [7, 11) is 0. The van der Waals surface area contributed by atoms with Crippen molar-refractivity contribution in [3.05, 3.63) is 34.0 Å². The van der Waals surface area contributed by atoms with Crippen molar-refractivity contribution in [2.75, 3.05) is 17.7 Å². The van der Waals surface area contributed by atoms with Gasteiger partial charge in [-0.05, 0) is 42.0 Å². The molecule has 0 spiro atoms. The average Bonchev–Trinajstić information content (AvgIpc) is 2.81. The highest BCUT2D eigenvalue weighted by atomic mass is 32.1. The van der Waals surface area contributed by atoms with Crippen molar-refractivity contribution in [1.82, 2.24) is 4.98 Å². The molecule has 0 fully saturated rings. The van der Waals surface area contributed by atoms with Crippen LogP contribution in [-0.4, -0.2) is 11.6 Å². The van der Waals surface area contributed by atoms with E-state index >= 15 is 0 Å². The summed E-state index contributed by atoms with van der Waals surface area (Å²) in [5.74, 6) is 1.74. The molecule has 0 aliphatic rings. The minimum Gasteiger partial charge on any atom is -0.476 e. The SMILES string of the molecule is Cc1ccsc1CNc1ccc(N)c(OCC(C)C)n1. The number of aryl methyl sites for hydroxylation is 1. The van der Waals surface area contributed by atoms with Crippen molar-refractivity contribution in [1.29, 1.82) is 0 Å². The normalized spacial score (nSPS) is 10.8. The first-order valence-electron chi connectivity index (χ1n) is 6.72. The van der Waals surface area contributed by atoms with E-state index in [1.54, 1.807) is 11.3 Å². The Bertz CT molecular complexity index is 566. The Labute approximate surface area is 124 Å². The first kappa shape index (κ1) is 14.7. The van der Waals surface area contributed by atoms with Crippen LogP contribution in [-0.2, 0) is 6.54 Å². The van der Waals surface area contributed by atoms with Gasteiger partial charge in [-0.15, -0.1) is 11.3 Å². The Balaban J connectivity index is 2.01. The number of thiophene rings is 1. The second kappa shape index (κ2) is 6.61. The fourth-order valence-corrected chi connectivity index (χ4v) is 2.51. The van der Waals surface area contributed by atoms with Gasteiger partial charge in [0.05, 0.1) is 18.8 Å². The lowest BCUT2D eigenvalue weighted by atomic mass is 10.2. The summed E-state index contributed by atoms with van der Waals surface area (Å²) >= 11 is 1.74. The van der Waals surface area contributed by atoms with Crippen LogP contribution in [0.5, 0.6) is 5.88 Å². The third-order valence-corrected chi connectivity index (χ3v) is 3.86. The molecule has 0 aliphatic carbocycles. The number of nitrogens with two attached hydrogens (primary N) is 1. The topological polar surface area (TPSA) is 60.2 Å². The molecular formula is C15H21N3OS. The average molecular weight is 291 g/mol. The first-order valence-corrected chi connectivity index (χ1v) is 7.60. The second-order valence-electron chi connectivity index (χ2n) is 5.18. The molecule has 0 atom stereocenters. The highest BCUT2D eigenvalue weighted by Crippen LogP contribution is 2.23. The Morgan fingerprint density at radius 1 is 1.35 bits per heavy atom. The lowest BCUT2D eigenvalue weighted by Gasteiger charge is -2.12. The molecule has 0 unspecified atom stereocenters. The predicted molar refractivity (Wildman–Crippen MR) is 85.4 cm³/mol. The highest BCUT2D eigenvalue weighted by Gasteiger charge is 2.06. The summed E-state index contributed by atoms with van der Waals surface area (Å²) in [6, 6.07) is 5.82. The fraction of sp³-hybridized carbons (Fsp3) is 0.400. The summed E-state index contributed by atoms with van der Waals surface area (Å²) in [6.45, 7) is 7.69. The third-order valence-electron chi connectivity index (χ3n) is 2.84. The highest BCUT2D eigenvalue weighted by molar-refractivity contribution is 7.10. The predicted octanol–water partition coefficient (Wildman–Crippen LogP) is 3.68. The van der Waals surface area contributed by atoms with Crippen molar-refractivity contribution >= 4 is 22.8 Å². The third kappa shape index (κ3) is 3.87. The van der Waals surface area contributed by atoms with E-state index in [4.69, 9.17) is 10.5 Å². The zero-order valence-corrected chi connectivity index (χ0v) is 13.0. The van der Waals surface area contributed by atoms with Crippen LogP contribution >= 0.6 is 11.3 Å². The van der Waals surface area contributed by atoms with Crippen LogP contribution in [0.15, 0.2) is 23.6 Å². The minimum absolute atomic E-state index is 0.446. The molecule has 2 aromatic rings. The number of hydrogen-bond donors (Lipinski definition) is 2. The van der Waals surface area contributed by atoms with Gasteiger partial charge in [0.2, 0.25) is 5.88 Å². The van der Waals surface area contributed by atoms with E-state index < -0.39 is 0 Å². The van der Waals surface area contributed by atoms with Gasteiger partial charge in [-0.25, -0.2) is 0 Å². The molecule has 108 valence electrons. The van der Waals surface area contributed by atoms with Crippen molar-refractivity contribution in [3.63, 3.8) is 0 Å². The summed E-state index contributed by atoms with van der Waals surface area (Å²) < 4.78 is 5.63. The number of aromatic nitrogens is 1. The van der Waals surface area contributed by atoms with Gasteiger partial charge in [0.25, 0.3) is 0 Å². The molecule has 2 aromatic heterocycles. The van der Waals surface area contributed by atoms with Crippen LogP contribution in [0, 0.1) is 12.8 Å². The molecule has 20 heavy (non-hydrogen) atoms. The Morgan fingerprint density at radius 3 is 2.80 bits per heavy atom. The van der Waals surface area contributed by atoms with Gasteiger partial charge < -0.3 is 15.8 Å². The summed E-state index contributed by atoms with van der Waals surface area (Å²) in [5.41, 5.74) is 7.75. The molecule has 0 amide bonds. The van der Waals surface area contributed by atoms with Crippen molar-refractivity contribution in [2.45, 2.75) is 27.3 Å². The molecule has 2 rings (SSSR count). The largest absolute Gasteiger partial charge is 0.476 e. The first-order chi connectivity index (χ1) is 9.56. The number of pyridine rings is 1. The van der Waals surface area contributed by atoms with Gasteiger partial charge in [-0.3, -0.25) is 0 Å². The number of nitrogens with zero attached hydrogens (tertiary/aromatic N) is 1. The second-order valence-corrected chi connectivity index (χ2v) is 6.18. The van der Waals surface area contributed by atoms with E-state index in [2.05, 4.69) is 42.5 Å². The molecule has 0 saturated heterocycles. The van der Waals surface area contributed by atoms with Crippen molar-refractivity contribution < 1.29 is 4.74 Å². The molecule has 4 nitrogen and oxygen atoms in total. The van der Waals surface area contributed by atoms with Crippen molar-refractivity contribution in [3.8, 4) is 5.88 Å². The van der Waals surface area contributed by atoms with Gasteiger partial charge >= 0.3 is 0 Å². The maximum atomic E-state index is 5.88. The van der Waals surface area contributed by atoms with Crippen LogP contribution in [0.2, 0.25) is 0 Å². The Kier molecular flexibility index (Phi) is 4.84. The zero-order valence-electron chi connectivity index (χ0n) is 12.1. The van der Waals surface area contributed by atoms with Crippen molar-refractivity contribution in [2.24, 2.45) is 5.92 Å². The Morgan fingerprint density at radius 2 is 2.15 bits per heavy atom. The summed E-state index contributed by atoms with van der Waals surface area (Å²) in [5, 5.41) is 5.40. The van der Waals surface area contributed by atoms with E-state index in [-0.39, 0.29) is 0 Å². The van der Waals surface area contributed by atoms with Gasteiger partial charge in [-0.2, -0.15) is 4.98 Å². The number of nitrogen functional groups attached to an aromatic ring is 1. The van der Waals surface area contributed by atoms with E-state index in [9.17, 15) is 0 Å². The van der Waals surface area contributed by atoms with Gasteiger partial charge in [-0.1, -0.05) is 13.8 Å². The van der Waals surface area contributed by atoms with Crippen LogP contribution < -0.4 is 15.8 Å². The lowest BCUT2D eigenvalue weighted by Crippen LogP contribution is -2.09. The smallest absolute Gasteiger partial charge is 0.239 e. The summed E-state index contributed by atoms with van der Waals surface area (Å²) in [6.07, 6.45) is 0. The number of hydrogen-bond acceptors (Lipinski definition) is 5. The number of anilines is 2. The summed E-state index contributed by atoms with van der Waals surface area (Å²) in [4.78, 5) is 5.73. The number of ether oxygens (including phenoxy) is 1. The molecule has 3 N–H and O–H groups in total. The van der Waals surface area contributed by atoms with Crippen LogP contribution in [0.4, 0.5) is 11.5 Å². The zero-order chi connectivity index (χ0) is 14.5. The van der Waals surface area contributed by atoms with E-state index in [1.165, 1.54) is 10.4 Å². The standard InChI is InChI=1S/C15H21N3OS/c1-10(2)9-19-15-12(16)4-5-14(18-15)17-8-13-11(3)6-7-20-13/h4-7,10H,8-9,16H2,1-3H3,(H,17,18). The molecule has 0 radical (unpaired) electrons. The van der Waals surface area contributed by atoms with E-state index in [0.717, 1.165) is 12.4 Å². The molecular weight excluding hydrogens is 270 g/mol. The maximum absolute atomic E-state index is 5.88. The molecule has 0 saturated carbocycles. The molecule has 0 bridgehead atoms.